The number of amides is 2. The van der Waals surface area contributed by atoms with Crippen LogP contribution in [0, 0.1) is 6.92 Å². The van der Waals surface area contributed by atoms with Crippen LogP contribution in [-0.2, 0) is 0 Å². The zero-order valence-corrected chi connectivity index (χ0v) is 18.6. The van der Waals surface area contributed by atoms with Gasteiger partial charge in [-0.05, 0) is 26.8 Å². The maximum Gasteiger partial charge on any atom is 0.290 e. The van der Waals surface area contributed by atoms with E-state index in [1.807, 2.05) is 44.2 Å². The van der Waals surface area contributed by atoms with Crippen LogP contribution in [0.5, 0.6) is 0 Å². The largest absolute Gasteiger partial charge is 0.290 e. The maximum atomic E-state index is 12.9. The summed E-state index contributed by atoms with van der Waals surface area (Å²) in [5.41, 5.74) is 6.11. The number of hydrogen-bond acceptors (Lipinski definition) is 6. The molecule has 2 aromatic heterocycles. The number of nitrogens with zero attached hydrogens (tertiary/aromatic N) is 3. The molecule has 0 aliphatic heterocycles. The van der Waals surface area contributed by atoms with E-state index in [0.29, 0.717) is 21.3 Å². The Balaban J connectivity index is 1.58. The van der Waals surface area contributed by atoms with Crippen molar-refractivity contribution in [3.05, 3.63) is 81.2 Å². The number of carbonyl (C=O) groups excluding carboxylic acids is 2. The summed E-state index contributed by atoms with van der Waals surface area (Å²) < 4.78 is 1.26. The average molecular weight is 448 g/mol. The van der Waals surface area contributed by atoms with Crippen LogP contribution in [-0.4, -0.2) is 26.6 Å². The van der Waals surface area contributed by atoms with E-state index >= 15 is 0 Å². The minimum atomic E-state index is -0.616. The van der Waals surface area contributed by atoms with E-state index in [9.17, 15) is 14.4 Å². The van der Waals surface area contributed by atoms with Gasteiger partial charge in [-0.3, -0.25) is 25.2 Å². The van der Waals surface area contributed by atoms with Gasteiger partial charge in [-0.1, -0.05) is 48.5 Å². The number of aryl methyl sites for hydroxylation is 1. The van der Waals surface area contributed by atoms with Gasteiger partial charge in [0.25, 0.3) is 17.4 Å². The molecule has 4 rings (SSSR count). The smallest absolute Gasteiger partial charge is 0.267 e. The fourth-order valence-electron chi connectivity index (χ4n) is 3.27. The van der Waals surface area contributed by atoms with Crippen molar-refractivity contribution in [2.75, 3.05) is 0 Å². The Morgan fingerprint density at radius 1 is 0.938 bits per heavy atom. The molecule has 0 bridgehead atoms. The molecular weight excluding hydrogens is 426 g/mol. The van der Waals surface area contributed by atoms with Crippen LogP contribution in [0.3, 0.4) is 0 Å². The van der Waals surface area contributed by atoms with Crippen molar-refractivity contribution in [1.29, 1.82) is 0 Å². The number of fused-ring (bicyclic) bond motifs is 1. The first kappa shape index (κ1) is 21.4. The summed E-state index contributed by atoms with van der Waals surface area (Å²) in [6, 6.07) is 16.1. The topological polar surface area (TPSA) is 106 Å². The van der Waals surface area contributed by atoms with Gasteiger partial charge in [-0.25, -0.2) is 9.67 Å². The molecule has 2 amide bonds. The summed E-state index contributed by atoms with van der Waals surface area (Å²) in [5, 5.41) is 5.77. The average Bonchev–Trinajstić information content (AvgIpc) is 3.19. The van der Waals surface area contributed by atoms with Crippen LogP contribution < -0.4 is 16.4 Å². The van der Waals surface area contributed by atoms with Crippen molar-refractivity contribution in [3.63, 3.8) is 0 Å². The van der Waals surface area contributed by atoms with Crippen molar-refractivity contribution >= 4 is 33.9 Å². The summed E-state index contributed by atoms with van der Waals surface area (Å²) in [5.74, 6) is -1.09. The lowest BCUT2D eigenvalue weighted by atomic mass is 10.1. The summed E-state index contributed by atoms with van der Waals surface area (Å²) in [6.45, 7) is 5.36. The first-order valence-electron chi connectivity index (χ1n) is 10.0. The summed E-state index contributed by atoms with van der Waals surface area (Å²) in [7, 11) is 0. The van der Waals surface area contributed by atoms with Gasteiger partial charge in [0.05, 0.1) is 17.1 Å². The fraction of sp³-hybridized carbons (Fsp3) is 0.174. The Hall–Kier alpha value is -3.85. The molecule has 0 fully saturated rings. The maximum absolute atomic E-state index is 12.9. The molecule has 2 heterocycles. The molecule has 4 aromatic rings. The van der Waals surface area contributed by atoms with Gasteiger partial charge in [0, 0.05) is 10.9 Å². The number of aromatic nitrogens is 3. The highest BCUT2D eigenvalue weighted by Crippen LogP contribution is 2.27. The number of benzene rings is 2. The van der Waals surface area contributed by atoms with Crippen molar-refractivity contribution < 1.29 is 9.59 Å². The van der Waals surface area contributed by atoms with E-state index in [2.05, 4.69) is 20.9 Å². The van der Waals surface area contributed by atoms with Crippen molar-refractivity contribution in [2.24, 2.45) is 0 Å². The lowest BCUT2D eigenvalue weighted by molar-refractivity contribution is 0.0845. The standard InChI is InChI=1S/C23H21N5O3S/c1-13(2)28-23(31)17-12-8-7-11-16(17)18(27-28)20(29)25-26-21(30)19-14(3)24-22(32-19)15-9-5-4-6-10-15/h4-13H,1-3H3,(H,25,29)(H,26,30). The van der Waals surface area contributed by atoms with E-state index in [4.69, 9.17) is 0 Å². The van der Waals surface area contributed by atoms with Crippen LogP contribution in [0.1, 0.15) is 45.7 Å². The molecule has 2 aromatic carbocycles. The molecule has 0 saturated heterocycles. The molecule has 0 aliphatic carbocycles. The number of hydrogen-bond donors (Lipinski definition) is 2. The molecule has 0 spiro atoms. The number of rotatable bonds is 4. The van der Waals surface area contributed by atoms with Crippen LogP contribution in [0.2, 0.25) is 0 Å². The highest BCUT2D eigenvalue weighted by Gasteiger charge is 2.20. The van der Waals surface area contributed by atoms with Gasteiger partial charge in [0.15, 0.2) is 5.69 Å². The van der Waals surface area contributed by atoms with E-state index < -0.39 is 11.8 Å². The fourth-order valence-corrected chi connectivity index (χ4v) is 4.23. The highest BCUT2D eigenvalue weighted by atomic mass is 32.1. The Kier molecular flexibility index (Phi) is 5.83. The van der Waals surface area contributed by atoms with Crippen LogP contribution in [0.25, 0.3) is 21.3 Å². The van der Waals surface area contributed by atoms with Gasteiger partial charge in [0.1, 0.15) is 9.88 Å². The van der Waals surface area contributed by atoms with Crippen LogP contribution in [0.4, 0.5) is 0 Å². The third-order valence-corrected chi connectivity index (χ3v) is 6.05. The van der Waals surface area contributed by atoms with Crippen LogP contribution in [0.15, 0.2) is 59.4 Å². The second kappa shape index (κ2) is 8.72. The Labute approximate surface area is 187 Å². The molecule has 0 saturated carbocycles. The minimum Gasteiger partial charge on any atom is -0.267 e. The Bertz CT molecular complexity index is 1380. The second-order valence-corrected chi connectivity index (χ2v) is 8.44. The zero-order chi connectivity index (χ0) is 22.8. The Morgan fingerprint density at radius 2 is 1.56 bits per heavy atom. The zero-order valence-electron chi connectivity index (χ0n) is 17.7. The number of thiazole rings is 1. The molecule has 0 unspecified atom stereocenters. The van der Waals surface area contributed by atoms with Gasteiger partial charge >= 0.3 is 0 Å². The van der Waals surface area contributed by atoms with Gasteiger partial charge in [-0.2, -0.15) is 5.10 Å². The summed E-state index contributed by atoms with van der Waals surface area (Å²) in [6.07, 6.45) is 0. The molecule has 8 nitrogen and oxygen atoms in total. The van der Waals surface area contributed by atoms with E-state index in [1.54, 1.807) is 31.2 Å². The molecule has 162 valence electrons. The van der Waals surface area contributed by atoms with Crippen molar-refractivity contribution in [1.82, 2.24) is 25.6 Å². The lowest BCUT2D eigenvalue weighted by Gasteiger charge is -2.13. The van der Waals surface area contributed by atoms with Crippen LogP contribution >= 0.6 is 11.3 Å². The predicted octanol–water partition coefficient (Wildman–Crippen LogP) is 3.48. The Morgan fingerprint density at radius 3 is 2.25 bits per heavy atom. The summed E-state index contributed by atoms with van der Waals surface area (Å²) in [4.78, 5) is 43.1. The first-order valence-corrected chi connectivity index (χ1v) is 10.8. The number of nitrogens with one attached hydrogen (secondary N) is 2. The number of carbonyl (C=O) groups is 2. The molecule has 0 atom stereocenters. The SMILES string of the molecule is Cc1nc(-c2ccccc2)sc1C(=O)NNC(=O)c1nn(C(C)C)c(=O)c2ccccc12. The number of hydrazine groups is 1. The van der Waals surface area contributed by atoms with E-state index in [0.717, 1.165) is 10.6 Å². The van der Waals surface area contributed by atoms with Crippen molar-refractivity contribution in [2.45, 2.75) is 26.8 Å². The minimum absolute atomic E-state index is 0.0557. The molecule has 9 heteroatoms. The molecule has 0 radical (unpaired) electrons. The van der Waals surface area contributed by atoms with E-state index in [1.165, 1.54) is 16.0 Å². The normalized spacial score (nSPS) is 11.0. The molecular formula is C23H21N5O3S. The highest BCUT2D eigenvalue weighted by molar-refractivity contribution is 7.17. The van der Waals surface area contributed by atoms with Gasteiger partial charge in [0.2, 0.25) is 0 Å². The third kappa shape index (κ3) is 4.02. The second-order valence-electron chi connectivity index (χ2n) is 7.45. The van der Waals surface area contributed by atoms with Gasteiger partial charge < -0.3 is 0 Å². The van der Waals surface area contributed by atoms with E-state index in [-0.39, 0.29) is 17.3 Å². The monoisotopic (exact) mass is 447 g/mol. The van der Waals surface area contributed by atoms with Gasteiger partial charge in [-0.15, -0.1) is 11.3 Å². The lowest BCUT2D eigenvalue weighted by Crippen LogP contribution is -2.42. The molecule has 0 aliphatic rings. The summed E-state index contributed by atoms with van der Waals surface area (Å²) >= 11 is 1.24. The molecule has 2 N–H and O–H groups in total. The third-order valence-electron chi connectivity index (χ3n) is 4.85. The predicted molar refractivity (Wildman–Crippen MR) is 124 cm³/mol. The molecule has 32 heavy (non-hydrogen) atoms. The van der Waals surface area contributed by atoms with Crippen molar-refractivity contribution in [3.8, 4) is 10.6 Å². The first-order chi connectivity index (χ1) is 15.4. The quantitative estimate of drug-likeness (QED) is 0.466.